The van der Waals surface area contributed by atoms with Gasteiger partial charge in [-0.15, -0.1) is 10.2 Å². The molecule has 2 rings (SSSR count). The van der Waals surface area contributed by atoms with Crippen LogP contribution in [0.3, 0.4) is 0 Å². The van der Waals surface area contributed by atoms with Crippen LogP contribution < -0.4 is 4.74 Å². The van der Waals surface area contributed by atoms with Gasteiger partial charge in [-0.2, -0.15) is 0 Å². The number of carboxylic acids is 1. The zero-order chi connectivity index (χ0) is 15.1. The molecule has 0 aliphatic heterocycles. The minimum absolute atomic E-state index is 0.531. The number of hydrogen-bond acceptors (Lipinski definition) is 5. The van der Waals surface area contributed by atoms with Crippen LogP contribution in [0.25, 0.3) is 6.08 Å². The maximum Gasteiger partial charge on any atom is 0.328 e. The van der Waals surface area contributed by atoms with E-state index in [4.69, 9.17) is 9.84 Å². The van der Waals surface area contributed by atoms with Gasteiger partial charge >= 0.3 is 5.97 Å². The number of carbonyl (C=O) groups is 1. The molecule has 1 N–H and O–H groups in total. The van der Waals surface area contributed by atoms with Gasteiger partial charge in [0.25, 0.3) is 0 Å². The molecule has 0 fully saturated rings. The Morgan fingerprint density at radius 1 is 1.52 bits per heavy atom. The summed E-state index contributed by atoms with van der Waals surface area (Å²) < 4.78 is 7.48. The normalized spacial score (nSPS) is 10.9. The van der Waals surface area contributed by atoms with E-state index in [0.717, 1.165) is 22.5 Å². The lowest BCUT2D eigenvalue weighted by atomic mass is 10.2. The highest BCUT2D eigenvalue weighted by atomic mass is 32.2. The lowest BCUT2D eigenvalue weighted by Crippen LogP contribution is -2.01. The number of carboxylic acid groups (broad SMARTS) is 1. The van der Waals surface area contributed by atoms with Gasteiger partial charge in [0.05, 0.1) is 6.61 Å². The first-order valence-corrected chi connectivity index (χ1v) is 7.24. The summed E-state index contributed by atoms with van der Waals surface area (Å²) in [5.41, 5.74) is 0.788. The highest BCUT2D eigenvalue weighted by Crippen LogP contribution is 2.17. The van der Waals surface area contributed by atoms with Crippen LogP contribution in [-0.2, 0) is 11.8 Å². The fourth-order valence-corrected chi connectivity index (χ4v) is 2.28. The van der Waals surface area contributed by atoms with Gasteiger partial charge in [-0.25, -0.2) is 4.79 Å². The van der Waals surface area contributed by atoms with Crippen molar-refractivity contribution in [2.45, 2.75) is 5.16 Å². The molecule has 110 valence electrons. The van der Waals surface area contributed by atoms with Crippen LogP contribution in [-0.4, -0.2) is 38.2 Å². The predicted octanol–water partition coefficient (Wildman–Crippen LogP) is 2.08. The Bertz CT molecular complexity index is 640. The molecule has 0 saturated carbocycles. The third-order valence-corrected chi connectivity index (χ3v) is 3.53. The molecule has 0 radical (unpaired) electrons. The lowest BCUT2D eigenvalue weighted by Gasteiger charge is -2.06. The third-order valence-electron chi connectivity index (χ3n) is 2.53. The molecule has 1 aromatic carbocycles. The van der Waals surface area contributed by atoms with Crippen molar-refractivity contribution < 1.29 is 14.6 Å². The molecule has 21 heavy (non-hydrogen) atoms. The minimum atomic E-state index is -0.971. The second-order valence-electron chi connectivity index (χ2n) is 4.17. The molecular formula is C14H15N3O3S. The average molecular weight is 305 g/mol. The maximum absolute atomic E-state index is 10.5. The van der Waals surface area contributed by atoms with Crippen LogP contribution in [0, 0.1) is 0 Å². The van der Waals surface area contributed by atoms with E-state index in [1.54, 1.807) is 24.2 Å². The number of benzene rings is 1. The van der Waals surface area contributed by atoms with E-state index in [2.05, 4.69) is 10.2 Å². The molecule has 0 spiro atoms. The van der Waals surface area contributed by atoms with Crippen LogP contribution in [0.4, 0.5) is 0 Å². The quantitative estimate of drug-likeness (QED) is 0.479. The monoisotopic (exact) mass is 305 g/mol. The minimum Gasteiger partial charge on any atom is -0.493 e. The molecule has 0 saturated heterocycles. The van der Waals surface area contributed by atoms with E-state index in [-0.39, 0.29) is 0 Å². The molecular weight excluding hydrogens is 290 g/mol. The first kappa shape index (κ1) is 15.1. The molecule has 0 bridgehead atoms. The molecule has 6 nitrogen and oxygen atoms in total. The van der Waals surface area contributed by atoms with Crippen molar-refractivity contribution in [1.29, 1.82) is 0 Å². The highest BCUT2D eigenvalue weighted by molar-refractivity contribution is 7.99. The topological polar surface area (TPSA) is 77.2 Å². The molecule has 0 amide bonds. The molecule has 7 heteroatoms. The number of nitrogens with zero attached hydrogens (tertiary/aromatic N) is 3. The van der Waals surface area contributed by atoms with Gasteiger partial charge in [0.1, 0.15) is 12.1 Å². The van der Waals surface area contributed by atoms with Crippen molar-refractivity contribution in [2.75, 3.05) is 12.4 Å². The number of aliphatic carboxylic acids is 1. The number of rotatable bonds is 7. The van der Waals surface area contributed by atoms with Gasteiger partial charge in [-0.3, -0.25) is 0 Å². The molecule has 2 aromatic rings. The first-order valence-electron chi connectivity index (χ1n) is 6.26. The fraction of sp³-hybridized carbons (Fsp3) is 0.214. The Hall–Kier alpha value is -2.28. The van der Waals surface area contributed by atoms with Crippen LogP contribution in [0.1, 0.15) is 5.56 Å². The summed E-state index contributed by atoms with van der Waals surface area (Å²) in [6.45, 7) is 0.531. The van der Waals surface area contributed by atoms with E-state index in [1.807, 2.05) is 29.8 Å². The largest absolute Gasteiger partial charge is 0.493 e. The van der Waals surface area contributed by atoms with E-state index >= 15 is 0 Å². The molecule has 0 atom stereocenters. The van der Waals surface area contributed by atoms with Gasteiger partial charge in [0.2, 0.25) is 0 Å². The van der Waals surface area contributed by atoms with E-state index < -0.39 is 5.97 Å². The van der Waals surface area contributed by atoms with Gasteiger partial charge in [-0.05, 0) is 23.8 Å². The average Bonchev–Trinajstić information content (AvgIpc) is 2.87. The van der Waals surface area contributed by atoms with Crippen molar-refractivity contribution in [3.63, 3.8) is 0 Å². The summed E-state index contributed by atoms with van der Waals surface area (Å²) in [5, 5.41) is 17.2. The number of aromatic nitrogens is 3. The van der Waals surface area contributed by atoms with Crippen LogP contribution in [0.2, 0.25) is 0 Å². The van der Waals surface area contributed by atoms with Gasteiger partial charge in [0, 0.05) is 18.9 Å². The Morgan fingerprint density at radius 3 is 3.10 bits per heavy atom. The number of ether oxygens (including phenoxy) is 1. The van der Waals surface area contributed by atoms with E-state index in [9.17, 15) is 4.79 Å². The Morgan fingerprint density at radius 2 is 2.38 bits per heavy atom. The molecule has 0 unspecified atom stereocenters. The maximum atomic E-state index is 10.5. The zero-order valence-electron chi connectivity index (χ0n) is 11.5. The smallest absolute Gasteiger partial charge is 0.328 e. The summed E-state index contributed by atoms with van der Waals surface area (Å²) in [7, 11) is 1.89. The van der Waals surface area contributed by atoms with Crippen LogP contribution in [0.5, 0.6) is 5.75 Å². The molecule has 1 aromatic heterocycles. The summed E-state index contributed by atoms with van der Waals surface area (Å²) in [6, 6.07) is 7.28. The van der Waals surface area contributed by atoms with E-state index in [1.165, 1.54) is 6.08 Å². The second kappa shape index (κ2) is 7.49. The summed E-state index contributed by atoms with van der Waals surface area (Å²) >= 11 is 1.56. The fourth-order valence-electron chi connectivity index (χ4n) is 1.57. The summed E-state index contributed by atoms with van der Waals surface area (Å²) in [4.78, 5) is 10.5. The van der Waals surface area contributed by atoms with Gasteiger partial charge in [0.15, 0.2) is 5.16 Å². The zero-order valence-corrected chi connectivity index (χ0v) is 12.3. The number of hydrogen-bond donors (Lipinski definition) is 1. The Kier molecular flexibility index (Phi) is 5.39. The lowest BCUT2D eigenvalue weighted by molar-refractivity contribution is -0.131. The Labute approximate surface area is 126 Å². The molecule has 0 aliphatic rings. The first-order chi connectivity index (χ1) is 10.1. The highest BCUT2D eigenvalue weighted by Gasteiger charge is 2.01. The van der Waals surface area contributed by atoms with Crippen LogP contribution in [0.15, 0.2) is 41.8 Å². The van der Waals surface area contributed by atoms with Gasteiger partial charge < -0.3 is 14.4 Å². The Balaban J connectivity index is 1.82. The van der Waals surface area contributed by atoms with Crippen molar-refractivity contribution in [2.24, 2.45) is 7.05 Å². The number of thioether (sulfide) groups is 1. The van der Waals surface area contributed by atoms with Crippen molar-refractivity contribution in [1.82, 2.24) is 14.8 Å². The van der Waals surface area contributed by atoms with Crippen molar-refractivity contribution >= 4 is 23.8 Å². The number of aryl methyl sites for hydroxylation is 1. The molecule has 0 aliphatic carbocycles. The summed E-state index contributed by atoms with van der Waals surface area (Å²) in [6.07, 6.45) is 4.29. The second-order valence-corrected chi connectivity index (χ2v) is 5.23. The van der Waals surface area contributed by atoms with Gasteiger partial charge in [-0.1, -0.05) is 23.9 Å². The third kappa shape index (κ3) is 4.96. The van der Waals surface area contributed by atoms with Crippen molar-refractivity contribution in [3.8, 4) is 5.75 Å². The SMILES string of the molecule is Cn1cnnc1SCCOc1cccc(C=CC(=O)O)c1. The van der Waals surface area contributed by atoms with Crippen LogP contribution >= 0.6 is 11.8 Å². The van der Waals surface area contributed by atoms with E-state index in [0.29, 0.717) is 12.4 Å². The van der Waals surface area contributed by atoms with Crippen molar-refractivity contribution in [3.05, 3.63) is 42.2 Å². The standard InChI is InChI=1S/C14H15N3O3S/c1-17-10-15-16-14(17)21-8-7-20-12-4-2-3-11(9-12)5-6-13(18)19/h2-6,9-10H,7-8H2,1H3,(H,18,19). The summed E-state index contributed by atoms with van der Waals surface area (Å²) in [5.74, 6) is 0.490. The predicted molar refractivity (Wildman–Crippen MR) is 80.3 cm³/mol. The molecule has 1 heterocycles.